The molecule has 1 aromatic heterocycles. The molecule has 0 unspecified atom stereocenters. The summed E-state index contributed by atoms with van der Waals surface area (Å²) in [4.78, 5) is 3.12. The number of fused-ring (bicyclic) bond motifs is 2. The van der Waals surface area contributed by atoms with Crippen LogP contribution in [-0.2, 0) is 11.8 Å². The molecule has 2 nitrogen and oxygen atoms in total. The SMILES string of the molecule is c1ccc2[nH]ccc2c1.c1ccc2c(c1)C[C@H]1NCC[C@@]23CCCC[C@@H]13. The first-order valence-corrected chi connectivity index (χ1v) is 10.2. The minimum absolute atomic E-state index is 0.545. The maximum Gasteiger partial charge on any atom is 0.0453 e. The molecule has 3 atom stereocenters. The fourth-order valence-corrected chi connectivity index (χ4v) is 5.89. The van der Waals surface area contributed by atoms with E-state index in [-0.39, 0.29) is 0 Å². The van der Waals surface area contributed by atoms with Gasteiger partial charge in [-0.25, -0.2) is 0 Å². The van der Waals surface area contributed by atoms with Gasteiger partial charge in [-0.3, -0.25) is 0 Å². The van der Waals surface area contributed by atoms with Crippen LogP contribution < -0.4 is 5.32 Å². The molecule has 134 valence electrons. The number of aromatic amines is 1. The predicted molar refractivity (Wildman–Crippen MR) is 108 cm³/mol. The molecule has 2 heteroatoms. The molecule has 2 fully saturated rings. The Morgan fingerprint density at radius 1 is 0.885 bits per heavy atom. The van der Waals surface area contributed by atoms with Crippen molar-refractivity contribution >= 4 is 10.9 Å². The van der Waals surface area contributed by atoms with Crippen LogP contribution in [0.15, 0.2) is 60.8 Å². The van der Waals surface area contributed by atoms with Gasteiger partial charge in [0.2, 0.25) is 0 Å². The van der Waals surface area contributed by atoms with Gasteiger partial charge in [-0.1, -0.05) is 55.3 Å². The number of aromatic nitrogens is 1. The molecule has 1 saturated heterocycles. The second-order valence-corrected chi connectivity index (χ2v) is 8.25. The molecule has 3 aromatic rings. The van der Waals surface area contributed by atoms with Crippen LogP contribution in [0.5, 0.6) is 0 Å². The van der Waals surface area contributed by atoms with E-state index >= 15 is 0 Å². The normalized spacial score (nSPS) is 29.2. The lowest BCUT2D eigenvalue weighted by Gasteiger charge is -2.56. The molecule has 2 bridgehead atoms. The fourth-order valence-electron chi connectivity index (χ4n) is 5.89. The Morgan fingerprint density at radius 3 is 2.73 bits per heavy atom. The van der Waals surface area contributed by atoms with Crippen molar-refractivity contribution in [2.45, 2.75) is 50.0 Å². The van der Waals surface area contributed by atoms with Gasteiger partial charge in [0.25, 0.3) is 0 Å². The Hall–Kier alpha value is -2.06. The molecule has 0 amide bonds. The summed E-state index contributed by atoms with van der Waals surface area (Å²) in [5.74, 6) is 0.917. The summed E-state index contributed by atoms with van der Waals surface area (Å²) in [6.45, 7) is 1.23. The number of hydrogen-bond acceptors (Lipinski definition) is 1. The summed E-state index contributed by atoms with van der Waals surface area (Å²) in [6.07, 6.45) is 10.4. The van der Waals surface area contributed by atoms with Gasteiger partial charge in [0, 0.05) is 23.2 Å². The van der Waals surface area contributed by atoms with E-state index in [0.29, 0.717) is 5.41 Å². The number of H-pyrrole nitrogens is 1. The molecule has 2 N–H and O–H groups in total. The highest BCUT2D eigenvalue weighted by Crippen LogP contribution is 2.53. The highest BCUT2D eigenvalue weighted by Gasteiger charge is 2.51. The Kier molecular flexibility index (Phi) is 4.09. The molecule has 6 rings (SSSR count). The van der Waals surface area contributed by atoms with E-state index < -0.39 is 0 Å². The van der Waals surface area contributed by atoms with Crippen molar-refractivity contribution in [3.63, 3.8) is 0 Å². The first-order valence-electron chi connectivity index (χ1n) is 10.2. The highest BCUT2D eigenvalue weighted by molar-refractivity contribution is 5.78. The number of rotatable bonds is 0. The molecule has 3 aliphatic rings. The van der Waals surface area contributed by atoms with Crippen LogP contribution in [0.4, 0.5) is 0 Å². The summed E-state index contributed by atoms with van der Waals surface area (Å²) >= 11 is 0. The van der Waals surface area contributed by atoms with Gasteiger partial charge >= 0.3 is 0 Å². The quantitative estimate of drug-likeness (QED) is 0.576. The lowest BCUT2D eigenvalue weighted by atomic mass is 9.53. The van der Waals surface area contributed by atoms with E-state index in [1.807, 2.05) is 18.3 Å². The van der Waals surface area contributed by atoms with Crippen LogP contribution >= 0.6 is 0 Å². The largest absolute Gasteiger partial charge is 0.361 e. The third kappa shape index (κ3) is 2.59. The maximum absolute atomic E-state index is 3.79. The van der Waals surface area contributed by atoms with Crippen LogP contribution in [0, 0.1) is 5.92 Å². The van der Waals surface area contributed by atoms with Crippen LogP contribution in [-0.4, -0.2) is 17.6 Å². The summed E-state index contributed by atoms with van der Waals surface area (Å²) in [6, 6.07) is 20.3. The van der Waals surface area contributed by atoms with E-state index in [0.717, 1.165) is 12.0 Å². The Balaban J connectivity index is 0.000000141. The number of para-hydroxylation sites is 1. The number of benzene rings is 2. The van der Waals surface area contributed by atoms with Crippen molar-refractivity contribution in [1.82, 2.24) is 10.3 Å². The van der Waals surface area contributed by atoms with E-state index in [4.69, 9.17) is 0 Å². The van der Waals surface area contributed by atoms with Crippen molar-refractivity contribution in [2.24, 2.45) is 5.92 Å². The molecule has 2 aliphatic carbocycles. The van der Waals surface area contributed by atoms with Crippen molar-refractivity contribution < 1.29 is 0 Å². The van der Waals surface area contributed by atoms with Gasteiger partial charge in [-0.05, 0) is 66.8 Å². The summed E-state index contributed by atoms with van der Waals surface area (Å²) in [7, 11) is 0. The van der Waals surface area contributed by atoms with E-state index in [1.54, 1.807) is 11.1 Å². The van der Waals surface area contributed by atoms with Gasteiger partial charge < -0.3 is 10.3 Å². The first-order chi connectivity index (χ1) is 12.9. The van der Waals surface area contributed by atoms with Crippen LogP contribution in [0.3, 0.4) is 0 Å². The lowest BCUT2D eigenvalue weighted by molar-refractivity contribution is 0.0798. The van der Waals surface area contributed by atoms with Gasteiger partial charge in [0.15, 0.2) is 0 Å². The molecular formula is C24H28N2. The minimum atomic E-state index is 0.545. The zero-order valence-corrected chi connectivity index (χ0v) is 15.4. The van der Waals surface area contributed by atoms with Crippen molar-refractivity contribution in [1.29, 1.82) is 0 Å². The molecule has 2 heterocycles. The second kappa shape index (κ2) is 6.59. The van der Waals surface area contributed by atoms with E-state index in [1.165, 1.54) is 56.0 Å². The van der Waals surface area contributed by atoms with E-state index in [2.05, 4.69) is 52.8 Å². The van der Waals surface area contributed by atoms with E-state index in [9.17, 15) is 0 Å². The molecule has 1 saturated carbocycles. The number of piperidine rings is 1. The zero-order valence-electron chi connectivity index (χ0n) is 15.4. The fraction of sp³-hybridized carbons (Fsp3) is 0.417. The van der Waals surface area contributed by atoms with Gasteiger partial charge in [0.05, 0.1) is 0 Å². The first kappa shape index (κ1) is 16.1. The topological polar surface area (TPSA) is 27.8 Å². The third-order valence-corrected chi connectivity index (χ3v) is 7.02. The summed E-state index contributed by atoms with van der Waals surface area (Å²) < 4.78 is 0. The van der Waals surface area contributed by atoms with Crippen LogP contribution in [0.1, 0.15) is 43.2 Å². The number of nitrogens with one attached hydrogen (secondary N) is 2. The molecular weight excluding hydrogens is 316 g/mol. The maximum atomic E-state index is 3.79. The molecule has 0 radical (unpaired) electrons. The van der Waals surface area contributed by atoms with Crippen LogP contribution in [0.2, 0.25) is 0 Å². The van der Waals surface area contributed by atoms with Crippen molar-refractivity contribution in [3.8, 4) is 0 Å². The molecule has 2 aromatic carbocycles. The molecule has 26 heavy (non-hydrogen) atoms. The Morgan fingerprint density at radius 2 is 1.77 bits per heavy atom. The van der Waals surface area contributed by atoms with Gasteiger partial charge in [0.1, 0.15) is 0 Å². The second-order valence-electron chi connectivity index (χ2n) is 8.25. The lowest BCUT2D eigenvalue weighted by Crippen LogP contribution is -2.59. The average molecular weight is 345 g/mol. The molecule has 1 aliphatic heterocycles. The van der Waals surface area contributed by atoms with Gasteiger partial charge in [-0.15, -0.1) is 0 Å². The Bertz CT molecular complexity index is 862. The van der Waals surface area contributed by atoms with Gasteiger partial charge in [-0.2, -0.15) is 0 Å². The monoisotopic (exact) mass is 344 g/mol. The summed E-state index contributed by atoms with van der Waals surface area (Å²) in [5, 5.41) is 5.06. The van der Waals surface area contributed by atoms with Crippen LogP contribution in [0.25, 0.3) is 10.9 Å². The summed E-state index contributed by atoms with van der Waals surface area (Å²) in [5.41, 5.74) is 5.09. The zero-order chi connectivity index (χ0) is 17.4. The smallest absolute Gasteiger partial charge is 0.0453 e. The minimum Gasteiger partial charge on any atom is -0.361 e. The molecule has 0 spiro atoms. The third-order valence-electron chi connectivity index (χ3n) is 7.02. The predicted octanol–water partition coefficient (Wildman–Crippen LogP) is 5.20. The Labute approximate surface area is 156 Å². The standard InChI is InChI=1S/C16H21N.C8H7N/c1-2-6-13-12(5-1)11-15-14-7-3-4-8-16(13,14)9-10-17-15;1-2-4-8-7(3-1)5-6-9-8/h1-2,5-6,14-15,17H,3-4,7-11H2;1-6,9H/t14-,15+,16-;/m0./s1. The highest BCUT2D eigenvalue weighted by atomic mass is 15.0. The number of hydrogen-bond donors (Lipinski definition) is 2. The average Bonchev–Trinajstić information content (AvgIpc) is 3.17. The van der Waals surface area contributed by atoms with Crippen molar-refractivity contribution in [3.05, 3.63) is 71.9 Å². The van der Waals surface area contributed by atoms with Crippen molar-refractivity contribution in [2.75, 3.05) is 6.54 Å².